The van der Waals surface area contributed by atoms with E-state index in [2.05, 4.69) is 0 Å². The molecule has 0 aromatic rings. The summed E-state index contributed by atoms with van der Waals surface area (Å²) in [5.41, 5.74) is 0. The van der Waals surface area contributed by atoms with E-state index >= 15 is 0 Å². The summed E-state index contributed by atoms with van der Waals surface area (Å²) in [6.45, 7) is -1.14. The minimum absolute atomic E-state index is 0. The van der Waals surface area contributed by atoms with Crippen molar-refractivity contribution in [2.24, 2.45) is 0 Å². The van der Waals surface area contributed by atoms with Gasteiger partial charge in [0.1, 0.15) is 0 Å². The maximum Gasteiger partial charge on any atom is 2.00 e. The van der Waals surface area contributed by atoms with Crippen molar-refractivity contribution in [3.63, 3.8) is 0 Å². The maximum absolute atomic E-state index is 8.97. The molecule has 0 radical (unpaired) electrons. The first kappa shape index (κ1) is 24.4. The van der Waals surface area contributed by atoms with Crippen LogP contribution in [0.15, 0.2) is 0 Å². The summed E-state index contributed by atoms with van der Waals surface area (Å²) >= 11 is 0. The van der Waals surface area contributed by atoms with Gasteiger partial charge in [-0.3, -0.25) is 0 Å². The Balaban J connectivity index is -0.0000000267. The van der Waals surface area contributed by atoms with Gasteiger partial charge in [0.2, 0.25) is 0 Å². The number of carbonyl (C=O) groups excluding carboxylic acids is 1. The second kappa shape index (κ2) is 15.7. The summed E-state index contributed by atoms with van der Waals surface area (Å²) in [7, 11) is 0. The van der Waals surface area contributed by atoms with Crippen molar-refractivity contribution >= 4 is 5.97 Å². The third-order valence-electron chi connectivity index (χ3n) is 0.118. The summed E-state index contributed by atoms with van der Waals surface area (Å²) < 4.78 is 0. The van der Waals surface area contributed by atoms with E-state index in [9.17, 15) is 0 Å². The van der Waals surface area contributed by atoms with Crippen LogP contribution in [-0.4, -0.2) is 12.6 Å². The molecule has 0 saturated carbocycles. The maximum atomic E-state index is 8.97. The molecule has 0 spiro atoms. The van der Waals surface area contributed by atoms with E-state index < -0.39 is 12.6 Å². The summed E-state index contributed by atoms with van der Waals surface area (Å²) in [5, 5.41) is 17.9. The predicted octanol–water partition coefficient (Wildman–Crippen LogP) is -1.47. The van der Waals surface area contributed by atoms with Crippen LogP contribution in [0.4, 0.5) is 0 Å². The van der Waals surface area contributed by atoms with Gasteiger partial charge < -0.3 is 27.3 Å². The van der Waals surface area contributed by atoms with E-state index in [1.54, 1.807) is 0 Å². The normalized spacial score (nSPS) is 4.62. The first-order chi connectivity index (χ1) is 2.27. The van der Waals surface area contributed by atoms with Crippen molar-refractivity contribution in [3.05, 3.63) is 12.3 Å². The minimum atomic E-state index is -1.55. The second-order valence-electron chi connectivity index (χ2n) is 0.516. The van der Waals surface area contributed by atoms with Gasteiger partial charge in [0.15, 0.2) is 0 Å². The van der Waals surface area contributed by atoms with Crippen molar-refractivity contribution in [1.29, 1.82) is 0 Å². The van der Waals surface area contributed by atoms with Crippen LogP contribution in [0.25, 0.3) is 12.3 Å². The molecular formula is C2H6N2O3Pt-2. The van der Waals surface area contributed by atoms with Gasteiger partial charge in [-0.15, -0.1) is 0 Å². The first-order valence-electron chi connectivity index (χ1n) is 1.05. The van der Waals surface area contributed by atoms with Crippen LogP contribution in [0.1, 0.15) is 0 Å². The largest absolute Gasteiger partial charge is 2.00 e. The first-order valence-corrected chi connectivity index (χ1v) is 1.05. The van der Waals surface area contributed by atoms with E-state index in [4.69, 9.17) is 15.0 Å². The Morgan fingerprint density at radius 3 is 1.50 bits per heavy atom. The number of aliphatic carboxylic acids is 1. The monoisotopic (exact) mass is 301 g/mol. The van der Waals surface area contributed by atoms with Crippen LogP contribution in [0.3, 0.4) is 0 Å². The fourth-order valence-corrected chi connectivity index (χ4v) is 0. The molecule has 8 heavy (non-hydrogen) atoms. The van der Waals surface area contributed by atoms with Crippen molar-refractivity contribution in [2.75, 3.05) is 6.61 Å². The fraction of sp³-hybridized carbons (Fsp3) is 0.500. The van der Waals surface area contributed by atoms with Crippen molar-refractivity contribution in [3.8, 4) is 0 Å². The summed E-state index contributed by atoms with van der Waals surface area (Å²) in [4.78, 5) is 8.94. The average molecular weight is 301 g/mol. The Bertz CT molecular complexity index is 50.5. The summed E-state index contributed by atoms with van der Waals surface area (Å²) in [6.07, 6.45) is 0. The van der Waals surface area contributed by atoms with Crippen LogP contribution in [0.2, 0.25) is 0 Å². The second-order valence-corrected chi connectivity index (χ2v) is 0.516. The van der Waals surface area contributed by atoms with Gasteiger partial charge in [-0.25, -0.2) is 0 Å². The van der Waals surface area contributed by atoms with E-state index in [-0.39, 0.29) is 33.4 Å². The van der Waals surface area contributed by atoms with Crippen molar-refractivity contribution < 1.29 is 36.1 Å². The molecule has 0 aromatic heterocycles. The average Bonchev–Trinajstić information content (AvgIpc) is 1.38. The van der Waals surface area contributed by atoms with E-state index in [0.29, 0.717) is 0 Å². The van der Waals surface area contributed by atoms with Gasteiger partial charge in [0.25, 0.3) is 0 Å². The fourth-order valence-electron chi connectivity index (χ4n) is 0. The van der Waals surface area contributed by atoms with Crippen LogP contribution >= 0.6 is 0 Å². The molecule has 0 fully saturated rings. The molecule has 6 heteroatoms. The number of carboxylic acid groups (broad SMARTS) is 1. The number of hydrogen-bond donors (Lipinski definition) is 0. The van der Waals surface area contributed by atoms with Crippen LogP contribution in [-0.2, 0) is 25.9 Å². The zero-order valence-electron chi connectivity index (χ0n) is 3.90. The quantitative estimate of drug-likeness (QED) is 0.585. The molecule has 0 rings (SSSR count). The molecule has 0 atom stereocenters. The third-order valence-corrected chi connectivity index (χ3v) is 0.118. The van der Waals surface area contributed by atoms with Gasteiger partial charge in [-0.2, -0.15) is 0 Å². The van der Waals surface area contributed by atoms with Gasteiger partial charge in [-0.1, -0.05) is 6.61 Å². The van der Waals surface area contributed by atoms with Crippen LogP contribution in [0.5, 0.6) is 0 Å². The van der Waals surface area contributed by atoms with Crippen molar-refractivity contribution in [2.45, 2.75) is 0 Å². The Hall–Kier alpha value is 0.0383. The number of hydrogen-bond acceptors (Lipinski definition) is 3. The van der Waals surface area contributed by atoms with E-state index in [0.717, 1.165) is 0 Å². The molecule has 0 aliphatic rings. The molecule has 0 aromatic carbocycles. The smallest absolute Gasteiger partial charge is 0.850 e. The van der Waals surface area contributed by atoms with E-state index in [1.165, 1.54) is 0 Å². The molecule has 0 aliphatic heterocycles. The molecule has 0 aliphatic carbocycles. The summed E-state index contributed by atoms with van der Waals surface area (Å²) in [5.74, 6) is -1.55. The molecule has 0 unspecified atom stereocenters. The molecular weight excluding hydrogens is 295 g/mol. The molecule has 0 heterocycles. The Labute approximate surface area is 61.5 Å². The van der Waals surface area contributed by atoms with Crippen molar-refractivity contribution in [1.82, 2.24) is 0 Å². The number of carbonyl (C=O) groups is 1. The topological polar surface area (TPSA) is 130 Å². The molecule has 4 N–H and O–H groups in total. The number of nitrogens with two attached hydrogens (primary N) is 2. The van der Waals surface area contributed by atoms with Gasteiger partial charge >= 0.3 is 21.1 Å². The molecule has 0 saturated heterocycles. The van der Waals surface area contributed by atoms with Gasteiger partial charge in [0.05, 0.1) is 0 Å². The minimum Gasteiger partial charge on any atom is -0.850 e. The zero-order chi connectivity index (χ0) is 4.28. The molecule has 54 valence electrons. The summed E-state index contributed by atoms with van der Waals surface area (Å²) in [6, 6.07) is 0. The number of carboxylic acids is 1. The standard InChI is InChI=1S/C2H3O3.2H2N.Pt/c3-1-2(4)5;;;/h1H2,(H,4,5);2*1H2;/q3*-1;+2/p-1. The third kappa shape index (κ3) is 36.9. The SMILES string of the molecule is O=C([O-])C[O-].[NH2-].[NH2-].[Pt+2]. The van der Waals surface area contributed by atoms with Crippen LogP contribution in [0, 0.1) is 0 Å². The number of rotatable bonds is 1. The molecule has 0 amide bonds. The Morgan fingerprint density at radius 2 is 1.50 bits per heavy atom. The van der Waals surface area contributed by atoms with Gasteiger partial charge in [-0.05, 0) is 0 Å². The molecule has 0 bridgehead atoms. The van der Waals surface area contributed by atoms with E-state index in [1.807, 2.05) is 0 Å². The van der Waals surface area contributed by atoms with Crippen LogP contribution < -0.4 is 10.2 Å². The Kier molecular flexibility index (Phi) is 48.0. The Morgan fingerprint density at radius 1 is 1.38 bits per heavy atom. The van der Waals surface area contributed by atoms with Gasteiger partial charge in [0, 0.05) is 5.97 Å². The predicted molar refractivity (Wildman–Crippen MR) is 20.4 cm³/mol. The zero-order valence-corrected chi connectivity index (χ0v) is 6.17. The molecule has 5 nitrogen and oxygen atoms in total.